The van der Waals surface area contributed by atoms with Gasteiger partial charge in [-0.2, -0.15) is 0 Å². The normalized spacial score (nSPS) is 16.6. The topological polar surface area (TPSA) is 79.8 Å². The van der Waals surface area contributed by atoms with E-state index in [0.29, 0.717) is 10.3 Å². The number of guanidine groups is 1. The highest BCUT2D eigenvalue weighted by Gasteiger charge is 2.36. The number of methoxy groups -OCH3 is 1. The zero-order valence-corrected chi connectivity index (χ0v) is 17.6. The van der Waals surface area contributed by atoms with Crippen LogP contribution in [0.1, 0.15) is 38.2 Å². The summed E-state index contributed by atoms with van der Waals surface area (Å²) in [5.74, 6) is 0.842. The first-order valence-corrected chi connectivity index (χ1v) is 11.6. The lowest BCUT2D eigenvalue weighted by Gasteiger charge is -2.40. The molecular weight excluding hydrogens is 362 g/mol. The Balaban J connectivity index is 1.86. The Morgan fingerprint density at radius 3 is 2.44 bits per heavy atom. The minimum atomic E-state index is -3.14. The van der Waals surface area contributed by atoms with E-state index in [1.165, 1.54) is 25.5 Å². The molecule has 1 aromatic carbocycles. The van der Waals surface area contributed by atoms with E-state index >= 15 is 0 Å². The highest BCUT2D eigenvalue weighted by atomic mass is 32.2. The maximum atomic E-state index is 11.5. The number of hydrogen-bond donors (Lipinski definition) is 2. The summed E-state index contributed by atoms with van der Waals surface area (Å²) in [5.41, 5.74) is 1.40. The van der Waals surface area contributed by atoms with E-state index in [1.54, 1.807) is 19.2 Å². The number of rotatable bonds is 10. The molecule has 0 radical (unpaired) electrons. The van der Waals surface area contributed by atoms with Crippen LogP contribution in [0.3, 0.4) is 0 Å². The van der Waals surface area contributed by atoms with Gasteiger partial charge in [-0.25, -0.2) is 8.42 Å². The summed E-state index contributed by atoms with van der Waals surface area (Å²) in [6.07, 6.45) is 6.84. The lowest BCUT2D eigenvalue weighted by atomic mass is 9.67. The van der Waals surface area contributed by atoms with Gasteiger partial charge in [-0.3, -0.25) is 4.99 Å². The minimum Gasteiger partial charge on any atom is -0.385 e. The van der Waals surface area contributed by atoms with Crippen LogP contribution >= 0.6 is 0 Å². The number of hydrogen-bond acceptors (Lipinski definition) is 4. The summed E-state index contributed by atoms with van der Waals surface area (Å²) < 4.78 is 28.3. The van der Waals surface area contributed by atoms with Gasteiger partial charge in [-0.05, 0) is 55.7 Å². The average molecular weight is 396 g/mol. The molecule has 1 aliphatic rings. The first-order valence-electron chi connectivity index (χ1n) is 9.69. The molecule has 0 spiro atoms. The van der Waals surface area contributed by atoms with Crippen molar-refractivity contribution in [2.45, 2.75) is 43.9 Å². The van der Waals surface area contributed by atoms with Crippen LogP contribution in [0, 0.1) is 5.41 Å². The zero-order valence-electron chi connectivity index (χ0n) is 16.8. The molecule has 1 saturated carbocycles. The fourth-order valence-corrected chi connectivity index (χ4v) is 3.93. The molecule has 0 aromatic heterocycles. The predicted molar refractivity (Wildman–Crippen MR) is 110 cm³/mol. The van der Waals surface area contributed by atoms with Crippen LogP contribution in [0.5, 0.6) is 0 Å². The summed E-state index contributed by atoms with van der Waals surface area (Å²) in [7, 11) is -1.39. The molecule has 1 aromatic rings. The van der Waals surface area contributed by atoms with Crippen molar-refractivity contribution >= 4 is 15.8 Å². The number of ether oxygens (including phenoxy) is 1. The second-order valence-electron chi connectivity index (χ2n) is 7.38. The molecule has 0 atom stereocenters. The van der Waals surface area contributed by atoms with Gasteiger partial charge in [0.1, 0.15) is 0 Å². The summed E-state index contributed by atoms with van der Waals surface area (Å²) in [4.78, 5) is 5.16. The third kappa shape index (κ3) is 6.81. The zero-order chi connectivity index (χ0) is 19.8. The second-order valence-corrected chi connectivity index (χ2v) is 9.40. The van der Waals surface area contributed by atoms with Crippen LogP contribution in [0.15, 0.2) is 34.2 Å². The third-order valence-corrected chi connectivity index (χ3v) is 6.35. The quantitative estimate of drug-likeness (QED) is 0.470. The van der Waals surface area contributed by atoms with Crippen molar-refractivity contribution in [1.82, 2.24) is 10.6 Å². The van der Waals surface area contributed by atoms with Gasteiger partial charge in [0.15, 0.2) is 15.8 Å². The average Bonchev–Trinajstić information content (AvgIpc) is 2.60. The van der Waals surface area contributed by atoms with Crippen molar-refractivity contribution in [3.8, 4) is 0 Å². The van der Waals surface area contributed by atoms with Crippen LogP contribution in [0.2, 0.25) is 0 Å². The Kier molecular flexibility index (Phi) is 8.10. The Bertz CT molecular complexity index is 710. The standard InChI is InChI=1S/C20H33N3O3S/c1-4-21-19(23-16-20(11-5-12-20)13-15-26-2)22-14-10-17-6-8-18(9-7-17)27(3,24)25/h6-9H,4-5,10-16H2,1-3H3,(H2,21,22,23). The molecular formula is C20H33N3O3S. The van der Waals surface area contributed by atoms with Crippen molar-refractivity contribution in [3.63, 3.8) is 0 Å². The van der Waals surface area contributed by atoms with Crippen LogP contribution in [-0.4, -0.2) is 54.0 Å². The molecule has 2 rings (SSSR count). The van der Waals surface area contributed by atoms with Gasteiger partial charge in [-0.1, -0.05) is 18.6 Å². The number of nitrogens with one attached hydrogen (secondary N) is 2. The van der Waals surface area contributed by atoms with E-state index < -0.39 is 9.84 Å². The lowest BCUT2D eigenvalue weighted by Crippen LogP contribution is -2.41. The molecule has 152 valence electrons. The fraction of sp³-hybridized carbons (Fsp3) is 0.650. The van der Waals surface area contributed by atoms with E-state index in [-0.39, 0.29) is 0 Å². The first-order chi connectivity index (χ1) is 12.9. The molecule has 0 bridgehead atoms. The van der Waals surface area contributed by atoms with Gasteiger partial charge in [0.2, 0.25) is 0 Å². The van der Waals surface area contributed by atoms with Gasteiger partial charge < -0.3 is 15.4 Å². The van der Waals surface area contributed by atoms with Gasteiger partial charge in [0.25, 0.3) is 0 Å². The van der Waals surface area contributed by atoms with E-state index in [4.69, 9.17) is 9.73 Å². The second kappa shape index (κ2) is 10.1. The Hall–Kier alpha value is -1.60. The van der Waals surface area contributed by atoms with Crippen LogP contribution in [0.4, 0.5) is 0 Å². The SMILES string of the molecule is CCNC(=NCC1(CCOC)CCC1)NCCc1ccc(S(C)(=O)=O)cc1. The maximum Gasteiger partial charge on any atom is 0.191 e. The highest BCUT2D eigenvalue weighted by Crippen LogP contribution is 2.44. The van der Waals surface area contributed by atoms with Gasteiger partial charge in [-0.15, -0.1) is 0 Å². The monoisotopic (exact) mass is 395 g/mol. The molecule has 6 nitrogen and oxygen atoms in total. The molecule has 0 unspecified atom stereocenters. The fourth-order valence-electron chi connectivity index (χ4n) is 3.30. The third-order valence-electron chi connectivity index (χ3n) is 5.23. The van der Waals surface area contributed by atoms with E-state index in [2.05, 4.69) is 17.6 Å². The van der Waals surface area contributed by atoms with Crippen molar-refractivity contribution in [2.24, 2.45) is 10.4 Å². The Labute approximate surface area is 163 Å². The van der Waals surface area contributed by atoms with Crippen LogP contribution in [-0.2, 0) is 21.0 Å². The van der Waals surface area contributed by atoms with E-state index in [9.17, 15) is 8.42 Å². The number of benzene rings is 1. The van der Waals surface area contributed by atoms with Crippen molar-refractivity contribution in [1.29, 1.82) is 0 Å². The predicted octanol–water partition coefficient (Wildman–Crippen LogP) is 2.39. The van der Waals surface area contributed by atoms with Crippen molar-refractivity contribution in [2.75, 3.05) is 39.6 Å². The number of nitrogens with zero attached hydrogens (tertiary/aromatic N) is 1. The lowest BCUT2D eigenvalue weighted by molar-refractivity contribution is 0.0778. The maximum absolute atomic E-state index is 11.5. The first kappa shape index (κ1) is 21.7. The summed E-state index contributed by atoms with van der Waals surface area (Å²) in [5, 5.41) is 6.68. The minimum absolute atomic E-state index is 0.305. The smallest absolute Gasteiger partial charge is 0.191 e. The number of aliphatic imine (C=N–C) groups is 1. The van der Waals surface area contributed by atoms with Gasteiger partial charge >= 0.3 is 0 Å². The van der Waals surface area contributed by atoms with E-state index in [0.717, 1.165) is 50.6 Å². The summed E-state index contributed by atoms with van der Waals surface area (Å²) in [6, 6.07) is 7.08. The van der Waals surface area contributed by atoms with Gasteiger partial charge in [0.05, 0.1) is 4.90 Å². The molecule has 0 amide bonds. The van der Waals surface area contributed by atoms with Gasteiger partial charge in [0, 0.05) is 39.6 Å². The Morgan fingerprint density at radius 2 is 1.93 bits per heavy atom. The van der Waals surface area contributed by atoms with Crippen LogP contribution < -0.4 is 10.6 Å². The molecule has 1 aliphatic carbocycles. The van der Waals surface area contributed by atoms with Crippen LogP contribution in [0.25, 0.3) is 0 Å². The molecule has 2 N–H and O–H groups in total. The summed E-state index contributed by atoms with van der Waals surface area (Å²) in [6.45, 7) is 5.25. The Morgan fingerprint density at radius 1 is 1.22 bits per heavy atom. The molecule has 1 fully saturated rings. The number of sulfone groups is 1. The van der Waals surface area contributed by atoms with Crippen molar-refractivity contribution in [3.05, 3.63) is 29.8 Å². The largest absolute Gasteiger partial charge is 0.385 e. The molecule has 0 saturated heterocycles. The highest BCUT2D eigenvalue weighted by molar-refractivity contribution is 7.90. The molecule has 27 heavy (non-hydrogen) atoms. The molecule has 0 heterocycles. The van der Waals surface area contributed by atoms with Crippen molar-refractivity contribution < 1.29 is 13.2 Å². The molecule has 7 heteroatoms. The summed E-state index contributed by atoms with van der Waals surface area (Å²) >= 11 is 0. The van der Waals surface area contributed by atoms with E-state index in [1.807, 2.05) is 12.1 Å². The molecule has 0 aliphatic heterocycles.